The van der Waals surface area contributed by atoms with Gasteiger partial charge in [0.1, 0.15) is 23.5 Å². The van der Waals surface area contributed by atoms with Gasteiger partial charge in [-0.1, -0.05) is 0 Å². The minimum atomic E-state index is 0.562. The van der Waals surface area contributed by atoms with Gasteiger partial charge in [0, 0.05) is 13.2 Å². The molecule has 0 aliphatic rings. The summed E-state index contributed by atoms with van der Waals surface area (Å²) in [7, 11) is 1.85. The molecular weight excluding hydrogens is 244 g/mol. The molecule has 19 heavy (non-hydrogen) atoms. The number of ether oxygens (including phenoxy) is 1. The zero-order valence-electron chi connectivity index (χ0n) is 10.7. The predicted octanol–water partition coefficient (Wildman–Crippen LogP) is 1.83. The van der Waals surface area contributed by atoms with Gasteiger partial charge in [-0.3, -0.25) is 4.68 Å². The highest BCUT2D eigenvalue weighted by Gasteiger charge is 2.11. The second-order valence-corrected chi connectivity index (χ2v) is 4.04. The average Bonchev–Trinajstić information content (AvgIpc) is 2.98. The van der Waals surface area contributed by atoms with E-state index in [-0.39, 0.29) is 0 Å². The molecule has 0 radical (unpaired) electrons. The van der Waals surface area contributed by atoms with Gasteiger partial charge >= 0.3 is 0 Å². The Morgan fingerprint density at radius 3 is 3.16 bits per heavy atom. The van der Waals surface area contributed by atoms with Crippen LogP contribution >= 0.6 is 0 Å². The number of nitrogens with zero attached hydrogens (tertiary/aromatic N) is 4. The van der Waals surface area contributed by atoms with Crippen LogP contribution in [0.2, 0.25) is 0 Å². The minimum Gasteiger partial charge on any atom is -0.475 e. The molecule has 3 rings (SSSR count). The summed E-state index contributed by atoms with van der Waals surface area (Å²) in [5.74, 6) is 1.28. The fourth-order valence-corrected chi connectivity index (χ4v) is 1.90. The van der Waals surface area contributed by atoms with Gasteiger partial charge in [-0.15, -0.1) is 5.10 Å². The van der Waals surface area contributed by atoms with Crippen LogP contribution in [0.5, 0.6) is 5.88 Å². The molecule has 0 aliphatic carbocycles. The second kappa shape index (κ2) is 4.60. The molecule has 3 aromatic heterocycles. The number of hydrogen-bond donors (Lipinski definition) is 2. The zero-order chi connectivity index (χ0) is 13.2. The van der Waals surface area contributed by atoms with E-state index in [1.165, 1.54) is 6.33 Å². The molecule has 0 saturated carbocycles. The van der Waals surface area contributed by atoms with E-state index in [1.807, 2.05) is 32.4 Å². The molecule has 0 spiro atoms. The summed E-state index contributed by atoms with van der Waals surface area (Å²) in [5, 5.41) is 8.40. The summed E-state index contributed by atoms with van der Waals surface area (Å²) in [6.07, 6.45) is 5.20. The Balaban J connectivity index is 1.98. The van der Waals surface area contributed by atoms with Crippen molar-refractivity contribution in [1.29, 1.82) is 0 Å². The summed E-state index contributed by atoms with van der Waals surface area (Å²) in [6.45, 7) is 2.49. The summed E-state index contributed by atoms with van der Waals surface area (Å²) in [4.78, 5) is 11.4. The van der Waals surface area contributed by atoms with Crippen molar-refractivity contribution in [1.82, 2.24) is 24.7 Å². The van der Waals surface area contributed by atoms with Gasteiger partial charge in [0.05, 0.1) is 18.2 Å². The first-order chi connectivity index (χ1) is 9.28. The van der Waals surface area contributed by atoms with Gasteiger partial charge in [-0.25, -0.2) is 9.97 Å². The highest BCUT2D eigenvalue weighted by atomic mass is 16.5. The molecule has 7 nitrogen and oxygen atoms in total. The third-order valence-corrected chi connectivity index (χ3v) is 2.68. The minimum absolute atomic E-state index is 0.562. The number of anilines is 2. The van der Waals surface area contributed by atoms with Crippen molar-refractivity contribution in [2.75, 3.05) is 11.9 Å². The van der Waals surface area contributed by atoms with Gasteiger partial charge in [0.25, 0.3) is 5.88 Å². The second-order valence-electron chi connectivity index (χ2n) is 4.04. The fourth-order valence-electron chi connectivity index (χ4n) is 1.90. The molecule has 2 N–H and O–H groups in total. The lowest BCUT2D eigenvalue weighted by molar-refractivity contribution is 0.324. The average molecular weight is 258 g/mol. The number of nitrogens with one attached hydrogen (secondary N) is 2. The number of aromatic amines is 1. The molecule has 0 aliphatic heterocycles. The quantitative estimate of drug-likeness (QED) is 0.746. The Hall–Kier alpha value is -2.57. The molecule has 3 heterocycles. The first-order valence-electron chi connectivity index (χ1n) is 5.99. The fraction of sp³-hybridized carbons (Fsp3) is 0.250. The zero-order valence-corrected chi connectivity index (χ0v) is 10.7. The Labute approximate surface area is 109 Å². The van der Waals surface area contributed by atoms with E-state index in [0.717, 1.165) is 22.5 Å². The number of hydrogen-bond acceptors (Lipinski definition) is 5. The van der Waals surface area contributed by atoms with Crippen molar-refractivity contribution in [3.63, 3.8) is 0 Å². The first-order valence-corrected chi connectivity index (χ1v) is 5.99. The maximum Gasteiger partial charge on any atom is 0.256 e. The van der Waals surface area contributed by atoms with E-state index in [0.29, 0.717) is 12.5 Å². The Bertz CT molecular complexity index is 701. The topological polar surface area (TPSA) is 80.7 Å². The molecule has 0 unspecified atom stereocenters. The normalized spacial score (nSPS) is 10.8. The molecule has 0 atom stereocenters. The van der Waals surface area contributed by atoms with Gasteiger partial charge in [0.2, 0.25) is 0 Å². The molecule has 98 valence electrons. The first kappa shape index (κ1) is 11.5. The lowest BCUT2D eigenvalue weighted by Crippen LogP contribution is -1.98. The molecule has 0 fully saturated rings. The largest absolute Gasteiger partial charge is 0.475 e. The van der Waals surface area contributed by atoms with E-state index in [9.17, 15) is 0 Å². The number of rotatable bonds is 4. The van der Waals surface area contributed by atoms with Crippen molar-refractivity contribution in [3.8, 4) is 5.88 Å². The maximum atomic E-state index is 5.48. The highest BCUT2D eigenvalue weighted by molar-refractivity contribution is 5.89. The van der Waals surface area contributed by atoms with Crippen LogP contribution in [0.1, 0.15) is 6.92 Å². The molecule has 0 saturated heterocycles. The van der Waals surface area contributed by atoms with Crippen molar-refractivity contribution in [2.24, 2.45) is 7.05 Å². The smallest absolute Gasteiger partial charge is 0.256 e. The Morgan fingerprint density at radius 2 is 2.32 bits per heavy atom. The van der Waals surface area contributed by atoms with Crippen molar-refractivity contribution < 1.29 is 4.74 Å². The SMILES string of the molecule is CCOc1nn(C)cc1Nc1ncnc2[nH]ccc12. The van der Waals surface area contributed by atoms with Gasteiger partial charge in [-0.2, -0.15) is 0 Å². The lowest BCUT2D eigenvalue weighted by atomic mass is 10.3. The summed E-state index contributed by atoms with van der Waals surface area (Å²) in [6, 6.07) is 1.92. The number of aromatic nitrogens is 5. The van der Waals surface area contributed by atoms with Crippen molar-refractivity contribution >= 4 is 22.5 Å². The Kier molecular flexibility index (Phi) is 2.79. The highest BCUT2D eigenvalue weighted by Crippen LogP contribution is 2.27. The van der Waals surface area contributed by atoms with Crippen LogP contribution in [0.4, 0.5) is 11.5 Å². The molecule has 0 amide bonds. The summed E-state index contributed by atoms with van der Waals surface area (Å²) < 4.78 is 7.18. The third kappa shape index (κ3) is 2.10. The summed E-state index contributed by atoms with van der Waals surface area (Å²) in [5.41, 5.74) is 1.57. The van der Waals surface area contributed by atoms with Crippen LogP contribution in [0.25, 0.3) is 11.0 Å². The monoisotopic (exact) mass is 258 g/mol. The van der Waals surface area contributed by atoms with Gasteiger partial charge in [-0.05, 0) is 13.0 Å². The van der Waals surface area contributed by atoms with Crippen LogP contribution in [-0.4, -0.2) is 31.3 Å². The van der Waals surface area contributed by atoms with Crippen molar-refractivity contribution in [3.05, 3.63) is 24.8 Å². The number of fused-ring (bicyclic) bond motifs is 1. The number of aryl methyl sites for hydroxylation is 1. The lowest BCUT2D eigenvalue weighted by Gasteiger charge is -2.06. The van der Waals surface area contributed by atoms with E-state index >= 15 is 0 Å². The molecule has 7 heteroatoms. The predicted molar refractivity (Wildman–Crippen MR) is 71.5 cm³/mol. The molecule has 0 bridgehead atoms. The maximum absolute atomic E-state index is 5.48. The van der Waals surface area contributed by atoms with Crippen LogP contribution in [0.3, 0.4) is 0 Å². The summed E-state index contributed by atoms with van der Waals surface area (Å²) >= 11 is 0. The molecule has 3 aromatic rings. The molecule has 0 aromatic carbocycles. The standard InChI is InChI=1S/C12H14N6O/c1-3-19-12-9(6-18(2)17-12)16-11-8-4-5-13-10(8)14-7-15-11/h4-7H,3H2,1-2H3,(H2,13,14,15,16). The van der Waals surface area contributed by atoms with Crippen molar-refractivity contribution in [2.45, 2.75) is 6.92 Å². The molecular formula is C12H14N6O. The Morgan fingerprint density at radius 1 is 1.42 bits per heavy atom. The van der Waals surface area contributed by atoms with Crippen LogP contribution in [0, 0.1) is 0 Å². The van der Waals surface area contributed by atoms with E-state index in [1.54, 1.807) is 4.68 Å². The third-order valence-electron chi connectivity index (χ3n) is 2.68. The van der Waals surface area contributed by atoms with Gasteiger partial charge < -0.3 is 15.0 Å². The van der Waals surface area contributed by atoms with Gasteiger partial charge in [0.15, 0.2) is 0 Å². The van der Waals surface area contributed by atoms with Crippen LogP contribution in [-0.2, 0) is 7.05 Å². The van der Waals surface area contributed by atoms with Crippen LogP contribution in [0.15, 0.2) is 24.8 Å². The van der Waals surface area contributed by atoms with E-state index in [4.69, 9.17) is 4.74 Å². The van der Waals surface area contributed by atoms with E-state index in [2.05, 4.69) is 25.4 Å². The van der Waals surface area contributed by atoms with Crippen LogP contribution < -0.4 is 10.1 Å². The van der Waals surface area contributed by atoms with E-state index < -0.39 is 0 Å². The number of H-pyrrole nitrogens is 1.